The molecule has 2 heteroatoms. The summed E-state index contributed by atoms with van der Waals surface area (Å²) in [6.07, 6.45) is 0. The fourth-order valence-electron chi connectivity index (χ4n) is 8.09. The van der Waals surface area contributed by atoms with E-state index >= 15 is 0 Å². The van der Waals surface area contributed by atoms with Gasteiger partial charge in [0, 0.05) is 22.3 Å². The van der Waals surface area contributed by atoms with Crippen LogP contribution in [0.3, 0.4) is 0 Å². The summed E-state index contributed by atoms with van der Waals surface area (Å²) in [4.78, 5) is 0. The first-order chi connectivity index (χ1) is 26.6. The topological polar surface area (TPSA) is 40.5 Å². The van der Waals surface area contributed by atoms with Gasteiger partial charge in [-0.3, -0.25) is 0 Å². The van der Waals surface area contributed by atoms with Crippen LogP contribution in [0.15, 0.2) is 194 Å². The van der Waals surface area contributed by atoms with Gasteiger partial charge in [0.2, 0.25) is 0 Å². The molecule has 0 heterocycles. The van der Waals surface area contributed by atoms with Crippen LogP contribution >= 0.6 is 0 Å². The molecule has 54 heavy (non-hydrogen) atoms. The van der Waals surface area contributed by atoms with Crippen LogP contribution in [-0.2, 0) is 0 Å². The highest BCUT2D eigenvalue weighted by molar-refractivity contribution is 6.14. The molecule has 0 saturated heterocycles. The summed E-state index contributed by atoms with van der Waals surface area (Å²) in [5.41, 5.74) is 8.78. The zero-order valence-corrected chi connectivity index (χ0v) is 29.4. The summed E-state index contributed by atoms with van der Waals surface area (Å²) < 4.78 is 0. The Labute approximate surface area is 313 Å². The van der Waals surface area contributed by atoms with Crippen LogP contribution in [0, 0.1) is 0 Å². The Kier molecular flexibility index (Phi) is 7.49. The molecule has 0 aliphatic rings. The van der Waals surface area contributed by atoms with Crippen LogP contribution in [0.2, 0.25) is 0 Å². The normalized spacial score (nSPS) is 11.5. The molecule has 0 spiro atoms. The number of phenols is 2. The van der Waals surface area contributed by atoms with E-state index in [0.29, 0.717) is 22.3 Å². The monoisotopic (exact) mass is 690 g/mol. The zero-order chi connectivity index (χ0) is 36.2. The van der Waals surface area contributed by atoms with Gasteiger partial charge in [-0.2, -0.15) is 0 Å². The summed E-state index contributed by atoms with van der Waals surface area (Å²) in [7, 11) is 0. The van der Waals surface area contributed by atoms with Crippen LogP contribution in [0.25, 0.3) is 98.7 Å². The second-order valence-corrected chi connectivity index (χ2v) is 14.0. The van der Waals surface area contributed by atoms with Crippen molar-refractivity contribution in [3.05, 3.63) is 194 Å². The van der Waals surface area contributed by atoms with Gasteiger partial charge >= 0.3 is 0 Å². The van der Waals surface area contributed by atoms with Gasteiger partial charge in [0.05, 0.1) is 0 Å². The first kappa shape index (κ1) is 31.6. The lowest BCUT2D eigenvalue weighted by Gasteiger charge is -2.20. The van der Waals surface area contributed by atoms with Gasteiger partial charge in [0.15, 0.2) is 0 Å². The van der Waals surface area contributed by atoms with E-state index in [1.165, 1.54) is 21.5 Å². The lowest BCUT2D eigenvalue weighted by molar-refractivity contribution is 0.472. The molecule has 0 atom stereocenters. The minimum absolute atomic E-state index is 0.131. The smallest absolute Gasteiger partial charge is 0.132 e. The molecule has 0 saturated carbocycles. The van der Waals surface area contributed by atoms with Crippen molar-refractivity contribution in [1.29, 1.82) is 0 Å². The maximum atomic E-state index is 12.5. The molecule has 0 radical (unpaired) electrons. The average molecular weight is 691 g/mol. The van der Waals surface area contributed by atoms with Crippen molar-refractivity contribution in [2.24, 2.45) is 0 Å². The zero-order valence-electron chi connectivity index (χ0n) is 29.4. The molecule has 0 fully saturated rings. The Morgan fingerprint density at radius 2 is 0.593 bits per heavy atom. The molecular weight excluding hydrogens is 657 g/mol. The quantitative estimate of drug-likeness (QED) is 0.189. The van der Waals surface area contributed by atoms with Crippen molar-refractivity contribution in [3.8, 4) is 67.1 Å². The van der Waals surface area contributed by atoms with Gasteiger partial charge in [-0.05, 0) is 113 Å². The Hall–Kier alpha value is -7.16. The van der Waals surface area contributed by atoms with Crippen molar-refractivity contribution in [3.63, 3.8) is 0 Å². The molecule has 2 nitrogen and oxygen atoms in total. The molecule has 0 aromatic heterocycles. The highest BCUT2D eigenvalue weighted by atomic mass is 16.3. The van der Waals surface area contributed by atoms with E-state index < -0.39 is 0 Å². The van der Waals surface area contributed by atoms with E-state index in [2.05, 4.69) is 133 Å². The third-order valence-electron chi connectivity index (χ3n) is 10.8. The number of aromatic hydroxyl groups is 2. The number of rotatable bonds is 5. The molecule has 0 bridgehead atoms. The van der Waals surface area contributed by atoms with Gasteiger partial charge in [0.1, 0.15) is 11.5 Å². The summed E-state index contributed by atoms with van der Waals surface area (Å²) >= 11 is 0. The molecule has 0 amide bonds. The van der Waals surface area contributed by atoms with E-state index in [1.807, 2.05) is 60.7 Å². The van der Waals surface area contributed by atoms with Crippen molar-refractivity contribution < 1.29 is 10.2 Å². The largest absolute Gasteiger partial charge is 0.507 e. The van der Waals surface area contributed by atoms with Crippen LogP contribution in [0.4, 0.5) is 0 Å². The standard InChI is InChI=1S/C52H34O2/c53-51-47(41-19-9-17-37(29-41)39-25-23-33-11-1-3-13-35(33)27-39)31-43-15-5-7-21-45(43)49(51)50-46-22-8-6-16-44(46)32-48(52(50)54)42-20-10-18-38(30-42)40-26-24-34-12-2-4-14-36(34)28-40/h1-32,53-54H. The van der Waals surface area contributed by atoms with Crippen LogP contribution < -0.4 is 0 Å². The molecule has 0 aliphatic carbocycles. The van der Waals surface area contributed by atoms with Gasteiger partial charge in [-0.15, -0.1) is 0 Å². The Morgan fingerprint density at radius 1 is 0.241 bits per heavy atom. The van der Waals surface area contributed by atoms with E-state index in [1.54, 1.807) is 0 Å². The molecule has 10 aromatic rings. The minimum atomic E-state index is 0.131. The highest BCUT2D eigenvalue weighted by Gasteiger charge is 2.23. The third-order valence-corrected chi connectivity index (χ3v) is 10.8. The number of phenolic OH excluding ortho intramolecular Hbond substituents is 2. The van der Waals surface area contributed by atoms with Crippen molar-refractivity contribution in [2.45, 2.75) is 0 Å². The molecular formula is C52H34O2. The number of benzene rings is 10. The summed E-state index contributed by atoms with van der Waals surface area (Å²) in [6.45, 7) is 0. The van der Waals surface area contributed by atoms with E-state index in [4.69, 9.17) is 0 Å². The summed E-state index contributed by atoms with van der Waals surface area (Å²) in [5, 5.41) is 33.5. The molecule has 10 aromatic carbocycles. The maximum absolute atomic E-state index is 12.5. The fourth-order valence-corrected chi connectivity index (χ4v) is 8.09. The van der Waals surface area contributed by atoms with Crippen molar-refractivity contribution in [2.75, 3.05) is 0 Å². The lowest BCUT2D eigenvalue weighted by Crippen LogP contribution is -1.92. The molecule has 0 aliphatic heterocycles. The van der Waals surface area contributed by atoms with Gasteiger partial charge in [-0.1, -0.05) is 158 Å². The van der Waals surface area contributed by atoms with Gasteiger partial charge in [-0.25, -0.2) is 0 Å². The van der Waals surface area contributed by atoms with E-state index in [-0.39, 0.29) is 11.5 Å². The second kappa shape index (κ2) is 12.8. The number of fused-ring (bicyclic) bond motifs is 4. The fraction of sp³-hybridized carbons (Fsp3) is 0. The maximum Gasteiger partial charge on any atom is 0.132 e. The Morgan fingerprint density at radius 3 is 1.04 bits per heavy atom. The first-order valence-corrected chi connectivity index (χ1v) is 18.3. The predicted octanol–water partition coefficient (Wildman–Crippen LogP) is 14.0. The molecule has 2 N–H and O–H groups in total. The van der Waals surface area contributed by atoms with Gasteiger partial charge < -0.3 is 10.2 Å². The Balaban J connectivity index is 1.17. The summed E-state index contributed by atoms with van der Waals surface area (Å²) in [5.74, 6) is 0.263. The van der Waals surface area contributed by atoms with Crippen LogP contribution in [0.5, 0.6) is 11.5 Å². The van der Waals surface area contributed by atoms with E-state index in [9.17, 15) is 10.2 Å². The average Bonchev–Trinajstić information content (AvgIpc) is 3.23. The SMILES string of the molecule is Oc1c(-c2cccc(-c3ccc4ccccc4c3)c2)cc2ccccc2c1-c1c(O)c(-c2cccc(-c3ccc4ccccc4c3)c2)cc2ccccc12. The van der Waals surface area contributed by atoms with Crippen molar-refractivity contribution in [1.82, 2.24) is 0 Å². The molecule has 10 rings (SSSR count). The van der Waals surface area contributed by atoms with E-state index in [0.717, 1.165) is 54.9 Å². The molecule has 0 unspecified atom stereocenters. The van der Waals surface area contributed by atoms with Crippen LogP contribution in [-0.4, -0.2) is 10.2 Å². The predicted molar refractivity (Wildman–Crippen MR) is 227 cm³/mol. The van der Waals surface area contributed by atoms with Gasteiger partial charge in [0.25, 0.3) is 0 Å². The summed E-state index contributed by atoms with van der Waals surface area (Å²) in [6, 6.07) is 66.8. The molecule has 254 valence electrons. The van der Waals surface area contributed by atoms with Crippen molar-refractivity contribution >= 4 is 43.1 Å². The number of hydrogen-bond donors (Lipinski definition) is 2. The number of hydrogen-bond acceptors (Lipinski definition) is 2. The second-order valence-electron chi connectivity index (χ2n) is 14.0. The highest BCUT2D eigenvalue weighted by Crippen LogP contribution is 2.51. The first-order valence-electron chi connectivity index (χ1n) is 18.3. The van der Waals surface area contributed by atoms with Crippen LogP contribution in [0.1, 0.15) is 0 Å². The lowest BCUT2D eigenvalue weighted by atomic mass is 9.86. The minimum Gasteiger partial charge on any atom is -0.507 e. The third kappa shape index (κ3) is 5.36. The Bertz CT molecular complexity index is 2870.